The number of pyridine rings is 1. The van der Waals surface area contributed by atoms with Crippen molar-refractivity contribution in [2.45, 2.75) is 0 Å². The molecule has 0 amide bonds. The fourth-order valence-corrected chi connectivity index (χ4v) is 1.69. The van der Waals surface area contributed by atoms with Crippen molar-refractivity contribution in [3.8, 4) is 0 Å². The molecule has 0 bridgehead atoms. The van der Waals surface area contributed by atoms with Gasteiger partial charge in [-0.25, -0.2) is 0 Å². The van der Waals surface area contributed by atoms with E-state index in [4.69, 9.17) is 0 Å². The van der Waals surface area contributed by atoms with Crippen molar-refractivity contribution >= 4 is 32.7 Å². The molecule has 14 heavy (non-hydrogen) atoms. The Morgan fingerprint density at radius 2 is 2.07 bits per heavy atom. The molecular formula is C9H5BrN2O2. The number of fused-ring (bicyclic) bond motifs is 1. The van der Waals surface area contributed by atoms with E-state index in [1.165, 1.54) is 0 Å². The van der Waals surface area contributed by atoms with Gasteiger partial charge in [0, 0.05) is 5.39 Å². The van der Waals surface area contributed by atoms with Crippen LogP contribution in [0.1, 0.15) is 0 Å². The number of benzene rings is 1. The van der Waals surface area contributed by atoms with Crippen LogP contribution in [-0.4, -0.2) is 9.91 Å². The summed E-state index contributed by atoms with van der Waals surface area (Å²) in [7, 11) is 0. The molecule has 5 heteroatoms. The molecule has 70 valence electrons. The lowest BCUT2D eigenvalue weighted by Crippen LogP contribution is -1.93. The van der Waals surface area contributed by atoms with E-state index in [2.05, 4.69) is 20.9 Å². The normalized spacial score (nSPS) is 10.4. The number of hydrogen-bond acceptors (Lipinski definition) is 3. The highest BCUT2D eigenvalue weighted by Gasteiger charge is 2.14. The lowest BCUT2D eigenvalue weighted by molar-refractivity contribution is -0.390. The molecule has 1 aromatic carbocycles. The number of aromatic nitrogens is 1. The minimum atomic E-state index is -0.503. The molecule has 0 N–H and O–H groups in total. The minimum Gasteiger partial charge on any atom is -0.358 e. The Morgan fingerprint density at radius 3 is 2.79 bits per heavy atom. The van der Waals surface area contributed by atoms with Crippen LogP contribution in [0, 0.1) is 10.1 Å². The lowest BCUT2D eigenvalue weighted by Gasteiger charge is -1.97. The topological polar surface area (TPSA) is 56.0 Å². The molecule has 0 aliphatic carbocycles. The summed E-state index contributed by atoms with van der Waals surface area (Å²) in [6, 6.07) is 8.96. The molecule has 1 aromatic heterocycles. The number of hydrogen-bond donors (Lipinski definition) is 0. The highest BCUT2D eigenvalue weighted by molar-refractivity contribution is 9.10. The monoisotopic (exact) mass is 252 g/mol. The van der Waals surface area contributed by atoms with Crippen LogP contribution >= 0.6 is 15.9 Å². The zero-order chi connectivity index (χ0) is 10.1. The van der Waals surface area contributed by atoms with Crippen LogP contribution < -0.4 is 0 Å². The van der Waals surface area contributed by atoms with Crippen molar-refractivity contribution in [3.05, 3.63) is 44.9 Å². The van der Waals surface area contributed by atoms with E-state index in [-0.39, 0.29) is 5.82 Å². The number of nitro groups is 1. The molecule has 0 unspecified atom stereocenters. The Balaban J connectivity index is 2.77. The van der Waals surface area contributed by atoms with E-state index >= 15 is 0 Å². The second kappa shape index (κ2) is 3.34. The molecule has 0 spiro atoms. The van der Waals surface area contributed by atoms with Gasteiger partial charge in [0.15, 0.2) is 5.52 Å². The first kappa shape index (κ1) is 9.08. The van der Waals surface area contributed by atoms with E-state index in [1.807, 2.05) is 12.1 Å². The van der Waals surface area contributed by atoms with Gasteiger partial charge in [0.05, 0.1) is 0 Å². The van der Waals surface area contributed by atoms with Gasteiger partial charge < -0.3 is 10.1 Å². The van der Waals surface area contributed by atoms with Crippen LogP contribution in [0.4, 0.5) is 5.82 Å². The molecule has 1 heterocycles. The third-order valence-corrected chi connectivity index (χ3v) is 2.42. The van der Waals surface area contributed by atoms with Gasteiger partial charge in [0.25, 0.3) is 0 Å². The zero-order valence-corrected chi connectivity index (χ0v) is 8.56. The van der Waals surface area contributed by atoms with Gasteiger partial charge in [-0.05, 0) is 38.0 Å². The Kier molecular flexibility index (Phi) is 2.17. The van der Waals surface area contributed by atoms with Crippen molar-refractivity contribution in [2.75, 3.05) is 0 Å². The fraction of sp³-hybridized carbons (Fsp3) is 0. The van der Waals surface area contributed by atoms with Gasteiger partial charge in [0.2, 0.25) is 0 Å². The molecule has 0 saturated carbocycles. The Labute approximate surface area is 87.9 Å². The minimum absolute atomic E-state index is 0.149. The molecule has 0 saturated heterocycles. The summed E-state index contributed by atoms with van der Waals surface area (Å²) in [4.78, 5) is 14.0. The Hall–Kier alpha value is -1.49. The number of nitrogens with zero attached hydrogens (tertiary/aromatic N) is 2. The third-order valence-electron chi connectivity index (χ3n) is 1.83. The van der Waals surface area contributed by atoms with Crippen molar-refractivity contribution in [2.24, 2.45) is 0 Å². The quantitative estimate of drug-likeness (QED) is 0.579. The fourth-order valence-electron chi connectivity index (χ4n) is 1.21. The predicted molar refractivity (Wildman–Crippen MR) is 56.1 cm³/mol. The largest absolute Gasteiger partial charge is 0.378 e. The summed E-state index contributed by atoms with van der Waals surface area (Å²) in [5.74, 6) is -0.149. The van der Waals surface area contributed by atoms with E-state index in [0.717, 1.165) is 5.39 Å². The first-order chi connectivity index (χ1) is 6.68. The average Bonchev–Trinajstić information content (AvgIpc) is 2.16. The van der Waals surface area contributed by atoms with Crippen LogP contribution in [0.2, 0.25) is 0 Å². The molecule has 2 aromatic rings. The third kappa shape index (κ3) is 1.46. The van der Waals surface area contributed by atoms with Crippen LogP contribution in [0.25, 0.3) is 10.9 Å². The van der Waals surface area contributed by atoms with Crippen LogP contribution in [0.3, 0.4) is 0 Å². The Morgan fingerprint density at radius 1 is 1.36 bits per heavy atom. The van der Waals surface area contributed by atoms with E-state index in [1.54, 1.807) is 18.2 Å². The smallest absolute Gasteiger partial charge is 0.358 e. The molecule has 0 fully saturated rings. The number of halogens is 1. The summed E-state index contributed by atoms with van der Waals surface area (Å²) in [5.41, 5.74) is 0.627. The first-order valence-electron chi connectivity index (χ1n) is 3.88. The Bertz CT molecular complexity index is 513. The van der Waals surface area contributed by atoms with Gasteiger partial charge >= 0.3 is 5.82 Å². The maximum atomic E-state index is 10.6. The lowest BCUT2D eigenvalue weighted by atomic mass is 10.2. The summed E-state index contributed by atoms with van der Waals surface area (Å²) in [6.07, 6.45) is 0. The van der Waals surface area contributed by atoms with Gasteiger partial charge in [-0.3, -0.25) is 0 Å². The zero-order valence-electron chi connectivity index (χ0n) is 6.98. The molecule has 4 nitrogen and oxygen atoms in total. The molecular weight excluding hydrogens is 248 g/mol. The predicted octanol–water partition coefficient (Wildman–Crippen LogP) is 2.91. The second-order valence-corrected chi connectivity index (χ2v) is 3.60. The number of para-hydroxylation sites is 1. The van der Waals surface area contributed by atoms with E-state index in [9.17, 15) is 10.1 Å². The van der Waals surface area contributed by atoms with Gasteiger partial charge in [-0.2, -0.15) is 0 Å². The van der Waals surface area contributed by atoms with Crippen molar-refractivity contribution in [1.29, 1.82) is 0 Å². The second-order valence-electron chi connectivity index (χ2n) is 2.74. The summed E-state index contributed by atoms with van der Waals surface area (Å²) in [5, 5.41) is 11.5. The van der Waals surface area contributed by atoms with Crippen molar-refractivity contribution in [3.63, 3.8) is 0 Å². The first-order valence-corrected chi connectivity index (χ1v) is 4.67. The SMILES string of the molecule is O=[N+]([O-])c1nc2ccccc2cc1Br. The van der Waals surface area contributed by atoms with Crippen LogP contribution in [0.5, 0.6) is 0 Å². The van der Waals surface area contributed by atoms with Crippen molar-refractivity contribution in [1.82, 2.24) is 4.98 Å². The van der Waals surface area contributed by atoms with Crippen LogP contribution in [0.15, 0.2) is 34.8 Å². The summed E-state index contributed by atoms with van der Waals surface area (Å²) in [6.45, 7) is 0. The standard InChI is InChI=1S/C9H5BrN2O2/c10-7-5-6-3-1-2-4-8(6)11-9(7)12(13)14/h1-5H. The van der Waals surface area contributed by atoms with Gasteiger partial charge in [-0.15, -0.1) is 0 Å². The van der Waals surface area contributed by atoms with Gasteiger partial charge in [-0.1, -0.05) is 18.2 Å². The highest BCUT2D eigenvalue weighted by Crippen LogP contribution is 2.26. The summed E-state index contributed by atoms with van der Waals surface area (Å²) < 4.78 is 0.404. The highest BCUT2D eigenvalue weighted by atomic mass is 79.9. The van der Waals surface area contributed by atoms with Crippen molar-refractivity contribution < 1.29 is 4.92 Å². The number of rotatable bonds is 1. The maximum absolute atomic E-state index is 10.6. The molecule has 0 radical (unpaired) electrons. The molecule has 2 rings (SSSR count). The van der Waals surface area contributed by atoms with E-state index < -0.39 is 4.92 Å². The molecule has 0 aliphatic rings. The van der Waals surface area contributed by atoms with E-state index in [0.29, 0.717) is 9.99 Å². The van der Waals surface area contributed by atoms with Gasteiger partial charge in [0.1, 0.15) is 4.47 Å². The van der Waals surface area contributed by atoms with Crippen LogP contribution in [-0.2, 0) is 0 Å². The summed E-state index contributed by atoms with van der Waals surface area (Å²) >= 11 is 3.11. The maximum Gasteiger partial charge on any atom is 0.378 e. The molecule has 0 aliphatic heterocycles. The molecule has 0 atom stereocenters. The average molecular weight is 253 g/mol.